The van der Waals surface area contributed by atoms with E-state index in [9.17, 15) is 4.79 Å². The second-order valence-electron chi connectivity index (χ2n) is 7.89. The van der Waals surface area contributed by atoms with Crippen LogP contribution in [0.4, 0.5) is 5.69 Å². The summed E-state index contributed by atoms with van der Waals surface area (Å²) in [7, 11) is 1.93. The van der Waals surface area contributed by atoms with Gasteiger partial charge in [0.15, 0.2) is 16.7 Å². The third-order valence-corrected chi connectivity index (χ3v) is 7.50. The Morgan fingerprint density at radius 1 is 1.19 bits per heavy atom. The topological polar surface area (TPSA) is 78.3 Å². The Balaban J connectivity index is 1.17. The normalized spacial score (nSPS) is 16.5. The molecule has 1 aliphatic carbocycles. The minimum Gasteiger partial charge on any atom is -0.448 e. The van der Waals surface area contributed by atoms with Crippen molar-refractivity contribution >= 4 is 34.7 Å². The van der Waals surface area contributed by atoms with Crippen LogP contribution in [0.3, 0.4) is 0 Å². The Kier molecular flexibility index (Phi) is 5.62. The highest BCUT2D eigenvalue weighted by Gasteiger charge is 2.42. The number of aromatic nitrogens is 3. The van der Waals surface area contributed by atoms with Gasteiger partial charge in [-0.15, -0.1) is 21.5 Å². The van der Waals surface area contributed by atoms with Crippen LogP contribution in [0.5, 0.6) is 11.5 Å². The van der Waals surface area contributed by atoms with Gasteiger partial charge in [0.1, 0.15) is 5.82 Å². The standard InChI is InChI=1S/C22H24N4O3S2/c1-26-19(13-16-6-5-11-30-16)24-25-21(26)31-14-20(27)23-15-7-8-17-18(12-15)29-22(28-17)9-3-2-4-10-22/h5-8,11-12H,2-4,9-10,13-14H2,1H3,(H,23,27). The van der Waals surface area contributed by atoms with Crippen molar-refractivity contribution < 1.29 is 14.3 Å². The number of nitrogens with zero attached hydrogens (tertiary/aromatic N) is 3. The third-order valence-electron chi connectivity index (χ3n) is 5.60. The Morgan fingerprint density at radius 3 is 2.84 bits per heavy atom. The van der Waals surface area contributed by atoms with Crippen molar-refractivity contribution in [3.8, 4) is 11.5 Å². The lowest BCUT2D eigenvalue weighted by Crippen LogP contribution is -2.40. The first-order chi connectivity index (χ1) is 15.1. The first kappa shape index (κ1) is 20.4. The summed E-state index contributed by atoms with van der Waals surface area (Å²) < 4.78 is 14.2. The molecule has 1 fully saturated rings. The van der Waals surface area contributed by atoms with E-state index in [0.717, 1.165) is 48.8 Å². The molecule has 162 valence electrons. The quantitative estimate of drug-likeness (QED) is 0.545. The second kappa shape index (κ2) is 8.55. The van der Waals surface area contributed by atoms with E-state index in [4.69, 9.17) is 9.47 Å². The molecule has 2 aliphatic rings. The lowest BCUT2D eigenvalue weighted by Gasteiger charge is -2.31. The Labute approximate surface area is 189 Å². The first-order valence-electron chi connectivity index (χ1n) is 10.5. The fourth-order valence-electron chi connectivity index (χ4n) is 3.99. The van der Waals surface area contributed by atoms with Crippen LogP contribution in [-0.4, -0.2) is 32.2 Å². The zero-order chi connectivity index (χ0) is 21.3. The third kappa shape index (κ3) is 4.43. The van der Waals surface area contributed by atoms with Crippen LogP contribution in [0.1, 0.15) is 42.8 Å². The van der Waals surface area contributed by atoms with E-state index >= 15 is 0 Å². The number of hydrogen-bond donors (Lipinski definition) is 1. The lowest BCUT2D eigenvalue weighted by atomic mass is 9.94. The SMILES string of the molecule is Cn1c(Cc2cccs2)nnc1SCC(=O)Nc1ccc2c(c1)OC1(CCCCC1)O2. The predicted molar refractivity (Wildman–Crippen MR) is 121 cm³/mol. The van der Waals surface area contributed by atoms with Gasteiger partial charge in [-0.25, -0.2) is 0 Å². The van der Waals surface area contributed by atoms with E-state index in [1.54, 1.807) is 11.3 Å². The molecular weight excluding hydrogens is 432 g/mol. The molecule has 1 aromatic carbocycles. The monoisotopic (exact) mass is 456 g/mol. The van der Waals surface area contributed by atoms with Gasteiger partial charge in [-0.1, -0.05) is 24.2 Å². The van der Waals surface area contributed by atoms with Gasteiger partial charge in [0.05, 0.1) is 5.75 Å². The molecule has 2 aromatic heterocycles. The second-order valence-corrected chi connectivity index (χ2v) is 9.86. The zero-order valence-corrected chi connectivity index (χ0v) is 18.9. The van der Waals surface area contributed by atoms with E-state index < -0.39 is 5.79 Å². The van der Waals surface area contributed by atoms with Crippen molar-refractivity contribution in [2.45, 2.75) is 49.5 Å². The number of fused-ring (bicyclic) bond motifs is 1. The zero-order valence-electron chi connectivity index (χ0n) is 17.3. The average Bonchev–Trinajstić information content (AvgIpc) is 3.48. The summed E-state index contributed by atoms with van der Waals surface area (Å²) in [6.45, 7) is 0. The number of amides is 1. The lowest BCUT2D eigenvalue weighted by molar-refractivity contribution is -0.113. The molecule has 1 saturated carbocycles. The van der Waals surface area contributed by atoms with Gasteiger partial charge in [0.2, 0.25) is 5.91 Å². The number of hydrogen-bond acceptors (Lipinski definition) is 7. The molecule has 1 aliphatic heterocycles. The van der Waals surface area contributed by atoms with Crippen LogP contribution in [0.25, 0.3) is 0 Å². The van der Waals surface area contributed by atoms with Crippen LogP contribution in [0, 0.1) is 0 Å². The fourth-order valence-corrected chi connectivity index (χ4v) is 5.42. The largest absolute Gasteiger partial charge is 0.448 e. The van der Waals surface area contributed by atoms with E-state index in [1.165, 1.54) is 23.1 Å². The summed E-state index contributed by atoms with van der Waals surface area (Å²) in [6, 6.07) is 9.69. The number of ether oxygens (including phenoxy) is 2. The van der Waals surface area contributed by atoms with E-state index in [-0.39, 0.29) is 11.7 Å². The van der Waals surface area contributed by atoms with Gasteiger partial charge in [0, 0.05) is 42.9 Å². The molecule has 0 radical (unpaired) electrons. The first-order valence-corrected chi connectivity index (χ1v) is 12.3. The molecule has 3 heterocycles. The summed E-state index contributed by atoms with van der Waals surface area (Å²) in [5, 5.41) is 14.2. The highest BCUT2D eigenvalue weighted by Crippen LogP contribution is 2.46. The van der Waals surface area contributed by atoms with Crippen LogP contribution in [-0.2, 0) is 18.3 Å². The van der Waals surface area contributed by atoms with Crippen molar-refractivity contribution in [1.29, 1.82) is 0 Å². The number of benzene rings is 1. The fraction of sp³-hybridized carbons (Fsp3) is 0.409. The molecule has 1 N–H and O–H groups in total. The molecule has 0 bridgehead atoms. The highest BCUT2D eigenvalue weighted by molar-refractivity contribution is 7.99. The van der Waals surface area contributed by atoms with Gasteiger partial charge in [-0.05, 0) is 36.4 Å². The molecule has 1 spiro atoms. The van der Waals surface area contributed by atoms with Gasteiger partial charge >= 0.3 is 0 Å². The van der Waals surface area contributed by atoms with Crippen LogP contribution in [0.15, 0.2) is 40.9 Å². The molecule has 3 aromatic rings. The van der Waals surface area contributed by atoms with Crippen LogP contribution < -0.4 is 14.8 Å². The maximum absolute atomic E-state index is 12.5. The Bertz CT molecular complexity index is 1070. The number of carbonyl (C=O) groups is 1. The maximum Gasteiger partial charge on any atom is 0.251 e. The number of thioether (sulfide) groups is 1. The Morgan fingerprint density at radius 2 is 2.03 bits per heavy atom. The summed E-state index contributed by atoms with van der Waals surface area (Å²) in [6.07, 6.45) is 6.02. The van der Waals surface area contributed by atoms with E-state index in [0.29, 0.717) is 11.4 Å². The van der Waals surface area contributed by atoms with Crippen LogP contribution >= 0.6 is 23.1 Å². The van der Waals surface area contributed by atoms with Gasteiger partial charge in [-0.3, -0.25) is 4.79 Å². The molecule has 0 atom stereocenters. The minimum absolute atomic E-state index is 0.0981. The van der Waals surface area contributed by atoms with Gasteiger partial charge in [0.25, 0.3) is 5.79 Å². The number of carbonyl (C=O) groups excluding carboxylic acids is 1. The van der Waals surface area contributed by atoms with Crippen molar-refractivity contribution in [3.63, 3.8) is 0 Å². The number of anilines is 1. The molecule has 0 saturated heterocycles. The molecule has 9 heteroatoms. The molecule has 5 rings (SSSR count). The van der Waals surface area contributed by atoms with Gasteiger partial charge < -0.3 is 19.4 Å². The molecule has 31 heavy (non-hydrogen) atoms. The summed E-state index contributed by atoms with van der Waals surface area (Å²) >= 11 is 3.08. The Hall–Kier alpha value is -2.52. The predicted octanol–water partition coefficient (Wildman–Crippen LogP) is 4.63. The number of nitrogens with one attached hydrogen (secondary N) is 1. The summed E-state index contributed by atoms with van der Waals surface area (Å²) in [4.78, 5) is 13.7. The number of thiophene rings is 1. The summed E-state index contributed by atoms with van der Waals surface area (Å²) in [5.74, 6) is 2.00. The van der Waals surface area contributed by atoms with Crippen molar-refractivity contribution in [2.75, 3.05) is 11.1 Å². The molecule has 1 amide bonds. The van der Waals surface area contributed by atoms with E-state index in [1.807, 2.05) is 35.9 Å². The van der Waals surface area contributed by atoms with Crippen molar-refractivity contribution in [1.82, 2.24) is 14.8 Å². The molecule has 0 unspecified atom stereocenters. The van der Waals surface area contributed by atoms with Gasteiger partial charge in [-0.2, -0.15) is 0 Å². The maximum atomic E-state index is 12.5. The number of rotatable bonds is 6. The summed E-state index contributed by atoms with van der Waals surface area (Å²) in [5.41, 5.74) is 0.706. The molecule has 7 nitrogen and oxygen atoms in total. The van der Waals surface area contributed by atoms with Crippen LogP contribution in [0.2, 0.25) is 0 Å². The smallest absolute Gasteiger partial charge is 0.251 e. The van der Waals surface area contributed by atoms with E-state index in [2.05, 4.69) is 27.0 Å². The van der Waals surface area contributed by atoms with Crippen molar-refractivity contribution in [3.05, 3.63) is 46.4 Å². The minimum atomic E-state index is -0.509. The van der Waals surface area contributed by atoms with Crippen molar-refractivity contribution in [2.24, 2.45) is 7.05 Å². The average molecular weight is 457 g/mol. The highest BCUT2D eigenvalue weighted by atomic mass is 32.2. The molecular formula is C22H24N4O3S2.